The average Bonchev–Trinajstić information content (AvgIpc) is 3.08. The minimum Gasteiger partial charge on any atom is -0.141 e. The van der Waals surface area contributed by atoms with Gasteiger partial charge in [0, 0.05) is 25.0 Å². The van der Waals surface area contributed by atoms with Crippen LogP contribution in [0.3, 0.4) is 0 Å². The van der Waals surface area contributed by atoms with E-state index in [2.05, 4.69) is 68.6 Å². The SMILES string of the molecule is Cc1cc2cc3c(cc2s1)SC1CC2=C(C=C31)C(C)C(C)S2. The van der Waals surface area contributed by atoms with Gasteiger partial charge in [-0.25, -0.2) is 0 Å². The second kappa shape index (κ2) is 4.68. The van der Waals surface area contributed by atoms with Gasteiger partial charge in [0.05, 0.1) is 0 Å². The Bertz CT molecular complexity index is 868. The highest BCUT2D eigenvalue weighted by Crippen LogP contribution is 2.56. The summed E-state index contributed by atoms with van der Waals surface area (Å²) in [5.74, 6) is 0.703. The molecule has 0 fully saturated rings. The van der Waals surface area contributed by atoms with E-state index in [9.17, 15) is 0 Å². The minimum atomic E-state index is 0.649. The summed E-state index contributed by atoms with van der Waals surface area (Å²) in [7, 11) is 0. The first-order valence-corrected chi connectivity index (χ1v) is 10.5. The molecule has 3 atom stereocenters. The number of hydrogen-bond acceptors (Lipinski definition) is 3. The van der Waals surface area contributed by atoms with E-state index in [1.807, 2.05) is 11.3 Å². The molecule has 1 aromatic carbocycles. The molecule has 3 unspecified atom stereocenters. The fourth-order valence-electron chi connectivity index (χ4n) is 3.85. The Kier molecular flexibility index (Phi) is 2.93. The lowest BCUT2D eigenvalue weighted by molar-refractivity contribution is 0.697. The van der Waals surface area contributed by atoms with Crippen molar-refractivity contribution in [2.24, 2.45) is 5.92 Å². The number of benzene rings is 1. The fraction of sp³-hybridized carbons (Fsp3) is 0.368. The molecule has 112 valence electrons. The average molecular weight is 343 g/mol. The summed E-state index contributed by atoms with van der Waals surface area (Å²) in [4.78, 5) is 4.57. The van der Waals surface area contributed by atoms with Crippen molar-refractivity contribution in [3.8, 4) is 0 Å². The predicted octanol–water partition coefficient (Wildman–Crippen LogP) is 6.50. The molecule has 0 spiro atoms. The van der Waals surface area contributed by atoms with Crippen molar-refractivity contribution in [1.29, 1.82) is 0 Å². The Morgan fingerprint density at radius 1 is 1.09 bits per heavy atom. The second-order valence-corrected chi connectivity index (χ2v) is 10.6. The zero-order valence-corrected chi connectivity index (χ0v) is 15.4. The lowest BCUT2D eigenvalue weighted by atomic mass is 9.87. The number of hydrogen-bond donors (Lipinski definition) is 0. The molecule has 0 bridgehead atoms. The third-order valence-corrected chi connectivity index (χ3v) is 8.97. The molecule has 1 aliphatic carbocycles. The van der Waals surface area contributed by atoms with Crippen molar-refractivity contribution in [2.75, 3.05) is 0 Å². The number of thioether (sulfide) groups is 2. The lowest BCUT2D eigenvalue weighted by Gasteiger charge is -2.19. The van der Waals surface area contributed by atoms with Crippen LogP contribution in [0.15, 0.2) is 39.6 Å². The first-order chi connectivity index (χ1) is 10.6. The van der Waals surface area contributed by atoms with Crippen LogP contribution in [-0.4, -0.2) is 10.5 Å². The largest absolute Gasteiger partial charge is 0.141 e. The van der Waals surface area contributed by atoms with Gasteiger partial charge in [-0.05, 0) is 64.5 Å². The van der Waals surface area contributed by atoms with Crippen molar-refractivity contribution >= 4 is 50.5 Å². The first-order valence-electron chi connectivity index (χ1n) is 7.92. The molecular weight excluding hydrogens is 324 g/mol. The molecule has 0 radical (unpaired) electrons. The normalized spacial score (nSPS) is 29.6. The van der Waals surface area contributed by atoms with E-state index in [1.165, 1.54) is 31.8 Å². The summed E-state index contributed by atoms with van der Waals surface area (Å²) in [6, 6.07) is 7.20. The number of aryl methyl sites for hydroxylation is 1. The zero-order valence-electron chi connectivity index (χ0n) is 13.0. The molecule has 5 rings (SSSR count). The highest BCUT2D eigenvalue weighted by Gasteiger charge is 2.38. The van der Waals surface area contributed by atoms with Gasteiger partial charge in [0.15, 0.2) is 0 Å². The van der Waals surface area contributed by atoms with Gasteiger partial charge >= 0.3 is 0 Å². The second-order valence-electron chi connectivity index (χ2n) is 6.64. The first kappa shape index (κ1) is 13.8. The van der Waals surface area contributed by atoms with Crippen LogP contribution in [0, 0.1) is 12.8 Å². The van der Waals surface area contributed by atoms with Crippen LogP contribution in [0.2, 0.25) is 0 Å². The molecule has 0 N–H and O–H groups in total. The Morgan fingerprint density at radius 2 is 1.95 bits per heavy atom. The van der Waals surface area contributed by atoms with Gasteiger partial charge in [-0.1, -0.05) is 19.9 Å². The Morgan fingerprint density at radius 3 is 2.82 bits per heavy atom. The van der Waals surface area contributed by atoms with Crippen molar-refractivity contribution in [2.45, 2.75) is 42.6 Å². The van der Waals surface area contributed by atoms with Crippen LogP contribution in [0.25, 0.3) is 15.7 Å². The highest BCUT2D eigenvalue weighted by molar-refractivity contribution is 8.04. The molecule has 0 saturated heterocycles. The van der Waals surface area contributed by atoms with Gasteiger partial charge in [0.25, 0.3) is 0 Å². The third-order valence-electron chi connectivity index (χ3n) is 5.20. The van der Waals surface area contributed by atoms with E-state index >= 15 is 0 Å². The molecule has 2 aliphatic heterocycles. The van der Waals surface area contributed by atoms with E-state index in [0.29, 0.717) is 11.2 Å². The van der Waals surface area contributed by atoms with Crippen LogP contribution in [-0.2, 0) is 0 Å². The summed E-state index contributed by atoms with van der Waals surface area (Å²) in [6.07, 6.45) is 3.78. The number of thiophene rings is 1. The summed E-state index contributed by atoms with van der Waals surface area (Å²) < 4.78 is 1.44. The molecule has 0 saturated carbocycles. The summed E-state index contributed by atoms with van der Waals surface area (Å²) in [6.45, 7) is 6.98. The molecule has 0 nitrogen and oxygen atoms in total. The summed E-state index contributed by atoms with van der Waals surface area (Å²) >= 11 is 6.12. The van der Waals surface area contributed by atoms with Crippen LogP contribution in [0.1, 0.15) is 30.7 Å². The Balaban J connectivity index is 1.66. The number of fused-ring (bicyclic) bond motifs is 4. The van der Waals surface area contributed by atoms with E-state index in [0.717, 1.165) is 5.25 Å². The number of rotatable bonds is 0. The van der Waals surface area contributed by atoms with Gasteiger partial charge < -0.3 is 0 Å². The molecule has 3 heterocycles. The van der Waals surface area contributed by atoms with Gasteiger partial charge in [-0.15, -0.1) is 34.9 Å². The number of allylic oxidation sites excluding steroid dienone is 3. The van der Waals surface area contributed by atoms with Crippen LogP contribution in [0.5, 0.6) is 0 Å². The van der Waals surface area contributed by atoms with Crippen molar-refractivity contribution in [3.63, 3.8) is 0 Å². The van der Waals surface area contributed by atoms with Crippen molar-refractivity contribution in [1.82, 2.24) is 0 Å². The highest BCUT2D eigenvalue weighted by atomic mass is 32.2. The van der Waals surface area contributed by atoms with Crippen LogP contribution in [0.4, 0.5) is 0 Å². The van der Waals surface area contributed by atoms with E-state index in [4.69, 9.17) is 0 Å². The molecule has 0 amide bonds. The van der Waals surface area contributed by atoms with Gasteiger partial charge in [-0.3, -0.25) is 0 Å². The lowest BCUT2D eigenvalue weighted by Crippen LogP contribution is -2.09. The zero-order chi connectivity index (χ0) is 15.0. The smallest absolute Gasteiger partial charge is 0.0396 e. The molecule has 22 heavy (non-hydrogen) atoms. The topological polar surface area (TPSA) is 0 Å². The monoisotopic (exact) mass is 342 g/mol. The summed E-state index contributed by atoms with van der Waals surface area (Å²) in [5.41, 5.74) is 4.72. The van der Waals surface area contributed by atoms with Gasteiger partial charge in [0.1, 0.15) is 0 Å². The van der Waals surface area contributed by atoms with Crippen molar-refractivity contribution < 1.29 is 0 Å². The van der Waals surface area contributed by atoms with E-state index < -0.39 is 0 Å². The van der Waals surface area contributed by atoms with Crippen molar-refractivity contribution in [3.05, 3.63) is 45.2 Å². The third kappa shape index (κ3) is 1.85. The molecule has 2 aromatic rings. The van der Waals surface area contributed by atoms with E-state index in [-0.39, 0.29) is 0 Å². The van der Waals surface area contributed by atoms with Gasteiger partial charge in [-0.2, -0.15) is 0 Å². The quantitative estimate of drug-likeness (QED) is 0.536. The maximum atomic E-state index is 2.54. The standard InChI is InChI=1S/C19H18S3/c1-9-4-12-5-14-15-6-13-10(2)11(3)21-17(13)8-19(15)22-18(14)7-16(12)20-9/h4-7,10-11,19H,8H2,1-3H3. The molecular formula is C19H18S3. The van der Waals surface area contributed by atoms with Gasteiger partial charge in [0.2, 0.25) is 0 Å². The maximum absolute atomic E-state index is 2.54. The predicted molar refractivity (Wildman–Crippen MR) is 102 cm³/mol. The van der Waals surface area contributed by atoms with Crippen LogP contribution < -0.4 is 0 Å². The fourth-order valence-corrected chi connectivity index (χ4v) is 7.79. The molecule has 3 aliphatic rings. The Labute approximate surface area is 144 Å². The molecule has 1 aromatic heterocycles. The minimum absolute atomic E-state index is 0.649. The molecule has 3 heteroatoms. The maximum Gasteiger partial charge on any atom is 0.0396 e. The summed E-state index contributed by atoms with van der Waals surface area (Å²) in [5, 5.41) is 2.81. The van der Waals surface area contributed by atoms with E-state index in [1.54, 1.807) is 16.1 Å². The Hall–Kier alpha value is -0.640. The van der Waals surface area contributed by atoms with Crippen LogP contribution >= 0.6 is 34.9 Å².